The first-order valence-electron chi connectivity index (χ1n) is 45.2. The van der Waals surface area contributed by atoms with Gasteiger partial charge in [-0.1, -0.05) is 166 Å². The third-order valence-electron chi connectivity index (χ3n) is 25.0. The van der Waals surface area contributed by atoms with Gasteiger partial charge in [0, 0.05) is 37.4 Å². The van der Waals surface area contributed by atoms with Crippen LogP contribution >= 0.6 is 0 Å². The summed E-state index contributed by atoms with van der Waals surface area (Å²) in [6.07, 6.45) is 26.6. The quantitative estimate of drug-likeness (QED) is 0.0332. The molecule has 0 aliphatic carbocycles. The number of primary amides is 1. The lowest BCUT2D eigenvalue weighted by molar-refractivity contribution is -0.143. The Labute approximate surface area is 735 Å². The van der Waals surface area contributed by atoms with Gasteiger partial charge in [0.1, 0.15) is 62.4 Å². The second-order valence-electron chi connectivity index (χ2n) is 36.5. The Balaban J connectivity index is 0.000000196. The topological polar surface area (TPSA) is 415 Å². The monoisotopic (exact) mass is 1730 g/mol. The Bertz CT molecular complexity index is 4200. The van der Waals surface area contributed by atoms with Crippen LogP contribution < -0.4 is 37.6 Å². The van der Waals surface area contributed by atoms with Crippen LogP contribution in [0.5, 0.6) is 0 Å². The minimum absolute atomic E-state index is 0.0593. The summed E-state index contributed by atoms with van der Waals surface area (Å²) in [5.74, 6) is -3.94. The molecule has 0 spiro atoms. The van der Waals surface area contributed by atoms with Crippen LogP contribution in [0.2, 0.25) is 0 Å². The number of hydrogen-bond donors (Lipinski definition) is 9. The summed E-state index contributed by atoms with van der Waals surface area (Å²) in [4.78, 5) is 150. The molecule has 0 saturated carbocycles. The van der Waals surface area contributed by atoms with Crippen molar-refractivity contribution in [2.45, 2.75) is 336 Å². The second kappa shape index (κ2) is 47.5. The van der Waals surface area contributed by atoms with E-state index < -0.39 is 119 Å². The third-order valence-corrected chi connectivity index (χ3v) is 25.0. The molecule has 0 bridgehead atoms. The molecule has 12 rings (SSSR count). The number of allylic oxidation sites excluding steroid dienone is 6. The highest BCUT2D eigenvalue weighted by molar-refractivity contribution is 5.95. The van der Waals surface area contributed by atoms with Crippen molar-refractivity contribution in [3.05, 3.63) is 144 Å². The average molecular weight is 1730 g/mol. The summed E-state index contributed by atoms with van der Waals surface area (Å²) in [6, 6.07) is 22.4. The molecule has 6 saturated heterocycles. The first-order valence-corrected chi connectivity index (χ1v) is 45.2. The largest absolute Gasteiger partial charge is 0.445 e. The van der Waals surface area contributed by atoms with Crippen LogP contribution in [0.4, 0.5) is 14.4 Å². The molecule has 3 aromatic rings. The van der Waals surface area contributed by atoms with Crippen molar-refractivity contribution >= 4 is 65.9 Å². The summed E-state index contributed by atoms with van der Waals surface area (Å²) < 4.78 is 35.0. The minimum Gasteiger partial charge on any atom is -0.445 e. The number of amides is 10. The van der Waals surface area contributed by atoms with Crippen LogP contribution in [-0.4, -0.2) is 212 Å². The van der Waals surface area contributed by atoms with E-state index in [-0.39, 0.29) is 99.1 Å². The van der Waals surface area contributed by atoms with Gasteiger partial charge in [-0.2, -0.15) is 5.26 Å². The summed E-state index contributed by atoms with van der Waals surface area (Å²) >= 11 is 0. The van der Waals surface area contributed by atoms with Gasteiger partial charge in [-0.15, -0.1) is 0 Å². The highest BCUT2D eigenvalue weighted by Gasteiger charge is 2.59. The number of aldehydes is 1. The number of benzene rings is 3. The Hall–Kier alpha value is -10.1. The molecule has 17 atom stereocenters. The summed E-state index contributed by atoms with van der Waals surface area (Å²) in [6.45, 7) is 12.7. The smallest absolute Gasteiger partial charge is 0.408 e. The van der Waals surface area contributed by atoms with Crippen molar-refractivity contribution in [1.29, 1.82) is 5.26 Å². The normalized spacial score (nSPS) is 29.3. The SMILES string of the molecule is CC1(C)C[C@H]2C(CN3C(=O)[C@@H](NC(=O)OCc4ccccc4)CCCCC=CCCCC[C@@H](C(O)C#N)NC(=O)[C@H]23)O1.CC1(C)C[C@H]2C(CN3C(=O)[C@@H](NC(=O)OCc4ccccc4)CCCCC=CCCCC[C@@H](C(O)C(N)=O)NC(=O)[C@H]23)O1.CC1(C)C[C@H]2C(CN3C(=O)[C@@H](NC(=O)OCc4ccccc4)CCCCC=CCCCC[C@@H](C=O)NC(=O)[C@H]23)O1. The molecule has 30 heteroatoms. The number of nitrogens with one attached hydrogen (secondary N) is 6. The third kappa shape index (κ3) is 29.0. The Morgan fingerprint density at radius 3 is 1.05 bits per heavy atom. The molecule has 682 valence electrons. The molecule has 0 aromatic heterocycles. The molecule has 6 fully saturated rings. The van der Waals surface area contributed by atoms with Gasteiger partial charge in [-0.05, 0) is 193 Å². The fraction of sp³-hybridized carbons (Fsp3) is 0.621. The van der Waals surface area contributed by atoms with Crippen molar-refractivity contribution in [2.75, 3.05) is 19.6 Å². The van der Waals surface area contributed by atoms with Gasteiger partial charge in [0.2, 0.25) is 41.4 Å². The molecule has 9 heterocycles. The van der Waals surface area contributed by atoms with Crippen LogP contribution in [0.25, 0.3) is 0 Å². The summed E-state index contributed by atoms with van der Waals surface area (Å²) in [7, 11) is 0. The van der Waals surface area contributed by atoms with Gasteiger partial charge in [-0.3, -0.25) is 33.6 Å². The van der Waals surface area contributed by atoms with E-state index in [0.29, 0.717) is 77.0 Å². The average Bonchev–Trinajstić information content (AvgIpc) is 1.61. The Morgan fingerprint density at radius 1 is 0.456 bits per heavy atom. The van der Waals surface area contributed by atoms with E-state index in [2.05, 4.69) is 68.4 Å². The molecule has 125 heavy (non-hydrogen) atoms. The van der Waals surface area contributed by atoms with E-state index in [9.17, 15) is 68.2 Å². The zero-order chi connectivity index (χ0) is 89.6. The van der Waals surface area contributed by atoms with Gasteiger partial charge < -0.3 is 95.8 Å². The zero-order valence-corrected chi connectivity index (χ0v) is 73.6. The molecule has 0 radical (unpaired) electrons. The molecule has 10 N–H and O–H groups in total. The van der Waals surface area contributed by atoms with Crippen LogP contribution in [-0.2, 0) is 86.6 Å². The van der Waals surface area contributed by atoms with Gasteiger partial charge >= 0.3 is 18.3 Å². The molecule has 10 amide bonds. The number of alkyl carbamates (subject to hydrolysis) is 3. The second-order valence-corrected chi connectivity index (χ2v) is 36.5. The number of hydrogen-bond acceptors (Lipinski definition) is 20. The standard InChI is InChI=1S/C32H46N4O7.C32H44N4O6.C31H43N3O6/c1-32(2)18-22-25(43-32)19-36-26(22)29(39)34-23(27(37)28(33)38)16-12-7-5-3-4-6-8-13-17-24(30(36)40)35-31(41)42-20-21-14-10-9-11-15-21;1-32(2)18-23-27(42-32)20-36-28(23)29(38)34-24(26(37)19-33)16-12-7-5-3-4-6-8-13-17-25(30(36)39)35-31(40)41-21-22-14-10-9-11-15-22;1-31(2)18-24-26(40-31)19-34-27(24)28(36)32-23(20-35)16-12-7-5-3-4-6-8-13-17-25(29(34)37)33-30(38)39-21-22-14-10-9-11-15-22/h3-4,9-11,14-15,22-27,37H,5-8,12-13,16-20H2,1-2H3,(H2,33,38)(H,34,39)(H,35,41);3-4,9-11,14-15,23-28,37H,5-8,12-13,16-18,20-21H2,1-2H3,(H,34,38)(H,35,40);3-4,9-11,14-15,20,23-27H,5-8,12-13,16-19,21H2,1-2H3,(H,32,36)(H,33,38)/t22-,23-,24-,25?,26-,27?;23-,24-,25-,26?,27?,28-;23-,24-,25-,26?,27-/m000/s1. The molecule has 5 unspecified atom stereocenters. The predicted octanol–water partition coefficient (Wildman–Crippen LogP) is 10.5. The summed E-state index contributed by atoms with van der Waals surface area (Å²) in [5, 5.41) is 47.4. The van der Waals surface area contributed by atoms with Crippen LogP contribution in [0.1, 0.15) is 232 Å². The van der Waals surface area contributed by atoms with Gasteiger partial charge in [0.25, 0.3) is 0 Å². The van der Waals surface area contributed by atoms with Gasteiger partial charge in [0.15, 0.2) is 12.2 Å². The molecular formula is C95H133N11O19. The molecule has 3 aromatic carbocycles. The predicted molar refractivity (Wildman–Crippen MR) is 465 cm³/mol. The zero-order valence-electron chi connectivity index (χ0n) is 73.6. The van der Waals surface area contributed by atoms with Crippen molar-refractivity contribution in [2.24, 2.45) is 23.5 Å². The molecule has 9 aliphatic rings. The fourth-order valence-electron chi connectivity index (χ4n) is 18.9. The maximum atomic E-state index is 14.1. The number of rotatable bonds is 13. The van der Waals surface area contributed by atoms with Gasteiger partial charge in [0.05, 0.1) is 59.3 Å². The first kappa shape index (κ1) is 97.1. The number of ether oxygens (including phenoxy) is 6. The van der Waals surface area contributed by atoms with Gasteiger partial charge in [-0.25, -0.2) is 14.4 Å². The Kier molecular flexibility index (Phi) is 36.9. The lowest BCUT2D eigenvalue weighted by Gasteiger charge is -2.33. The molecular weight excluding hydrogens is 1600 g/mol. The fourth-order valence-corrected chi connectivity index (χ4v) is 18.9. The number of aliphatic hydroxyl groups is 2. The number of carbonyl (C=O) groups is 11. The molecule has 9 aliphatic heterocycles. The van der Waals surface area contributed by atoms with Crippen molar-refractivity contribution in [3.8, 4) is 6.07 Å². The summed E-state index contributed by atoms with van der Waals surface area (Å²) in [5.41, 5.74) is 6.58. The van der Waals surface area contributed by atoms with E-state index in [0.717, 1.165) is 119 Å². The highest BCUT2D eigenvalue weighted by atomic mass is 16.6. The van der Waals surface area contributed by atoms with Crippen molar-refractivity contribution < 1.29 is 91.4 Å². The van der Waals surface area contributed by atoms with Crippen LogP contribution in [0.3, 0.4) is 0 Å². The Morgan fingerprint density at radius 2 is 0.744 bits per heavy atom. The van der Waals surface area contributed by atoms with E-state index in [4.69, 9.17) is 34.2 Å². The lowest BCUT2D eigenvalue weighted by atomic mass is 9.89. The van der Waals surface area contributed by atoms with E-state index in [1.165, 1.54) is 9.80 Å². The number of nitriles is 1. The van der Waals surface area contributed by atoms with E-state index >= 15 is 0 Å². The number of aliphatic hydroxyl groups excluding tert-OH is 2. The van der Waals surface area contributed by atoms with Crippen molar-refractivity contribution in [1.82, 2.24) is 46.6 Å². The number of nitrogens with two attached hydrogens (primary N) is 1. The number of fused-ring (bicyclic) bond motifs is 9. The van der Waals surface area contributed by atoms with Crippen LogP contribution in [0, 0.1) is 29.1 Å². The maximum absolute atomic E-state index is 14.1. The maximum Gasteiger partial charge on any atom is 0.408 e. The molecule has 30 nitrogen and oxygen atoms in total. The first-order chi connectivity index (χ1) is 60.0. The minimum atomic E-state index is -1.56. The van der Waals surface area contributed by atoms with E-state index in [1.54, 1.807) is 4.90 Å². The van der Waals surface area contributed by atoms with Crippen molar-refractivity contribution in [3.63, 3.8) is 0 Å². The highest BCUT2D eigenvalue weighted by Crippen LogP contribution is 2.46. The number of carbonyl (C=O) groups excluding carboxylic acids is 11. The number of nitrogens with zero attached hydrogens (tertiary/aromatic N) is 4. The van der Waals surface area contributed by atoms with E-state index in [1.807, 2.05) is 139 Å². The lowest BCUT2D eigenvalue weighted by Crippen LogP contribution is -2.58. The van der Waals surface area contributed by atoms with Crippen LogP contribution in [0.15, 0.2) is 127 Å².